The van der Waals surface area contributed by atoms with Gasteiger partial charge < -0.3 is 19.7 Å². The molecule has 0 saturated heterocycles. The van der Waals surface area contributed by atoms with Gasteiger partial charge in [-0.25, -0.2) is 0 Å². The Labute approximate surface area is 93.9 Å². The number of hydrogen-bond acceptors (Lipinski definition) is 4. The third kappa shape index (κ3) is 6.84. The van der Waals surface area contributed by atoms with Crippen LogP contribution in [0.5, 0.6) is 0 Å². The number of ether oxygens (including phenoxy) is 2. The highest BCUT2D eigenvalue weighted by atomic mass is 16.7. The molecule has 0 amide bonds. The van der Waals surface area contributed by atoms with Gasteiger partial charge in [0.25, 0.3) is 0 Å². The minimum atomic E-state index is -0.140. The standard InChI is InChI=1S/C11H26N2O2/c1-6-10(2)13(3)8-7-12-9-11(14-4)15-5/h10-12H,6-9H2,1-5H3. The van der Waals surface area contributed by atoms with Crippen LogP contribution in [-0.4, -0.2) is 58.1 Å². The van der Waals surface area contributed by atoms with Crippen molar-refractivity contribution in [1.29, 1.82) is 0 Å². The van der Waals surface area contributed by atoms with Crippen molar-refractivity contribution in [1.82, 2.24) is 10.2 Å². The normalized spacial score (nSPS) is 13.8. The van der Waals surface area contributed by atoms with Crippen molar-refractivity contribution in [3.8, 4) is 0 Å². The van der Waals surface area contributed by atoms with E-state index in [1.807, 2.05) is 0 Å². The Morgan fingerprint density at radius 2 is 1.87 bits per heavy atom. The lowest BCUT2D eigenvalue weighted by Gasteiger charge is -2.24. The molecule has 92 valence electrons. The molecule has 0 saturated carbocycles. The van der Waals surface area contributed by atoms with E-state index in [4.69, 9.17) is 9.47 Å². The fourth-order valence-corrected chi connectivity index (χ4v) is 1.27. The zero-order chi connectivity index (χ0) is 11.7. The van der Waals surface area contributed by atoms with Gasteiger partial charge in [0, 0.05) is 39.9 Å². The van der Waals surface area contributed by atoms with Gasteiger partial charge in [-0.05, 0) is 20.4 Å². The summed E-state index contributed by atoms with van der Waals surface area (Å²) >= 11 is 0. The molecule has 0 aromatic rings. The maximum Gasteiger partial charge on any atom is 0.169 e. The molecule has 0 fully saturated rings. The Hall–Kier alpha value is -0.160. The summed E-state index contributed by atoms with van der Waals surface area (Å²) in [5.74, 6) is 0. The number of hydrogen-bond donors (Lipinski definition) is 1. The predicted molar refractivity (Wildman–Crippen MR) is 63.1 cm³/mol. The van der Waals surface area contributed by atoms with Gasteiger partial charge in [0.2, 0.25) is 0 Å². The van der Waals surface area contributed by atoms with Crippen LogP contribution in [0.1, 0.15) is 20.3 Å². The predicted octanol–water partition coefficient (Wildman–Crippen LogP) is 0.925. The van der Waals surface area contributed by atoms with Crippen LogP contribution in [0.25, 0.3) is 0 Å². The first-order valence-corrected chi connectivity index (χ1v) is 5.62. The third-order valence-corrected chi connectivity index (χ3v) is 2.82. The van der Waals surface area contributed by atoms with Gasteiger partial charge in [-0.1, -0.05) is 6.92 Å². The molecule has 15 heavy (non-hydrogen) atoms. The molecule has 0 heterocycles. The monoisotopic (exact) mass is 218 g/mol. The molecule has 0 spiro atoms. The first-order chi connectivity index (χ1) is 7.15. The molecular formula is C11H26N2O2. The number of rotatable bonds is 9. The fourth-order valence-electron chi connectivity index (χ4n) is 1.27. The van der Waals surface area contributed by atoms with Crippen LogP contribution in [0.4, 0.5) is 0 Å². The van der Waals surface area contributed by atoms with Crippen LogP contribution in [-0.2, 0) is 9.47 Å². The molecule has 4 nitrogen and oxygen atoms in total. The molecule has 1 N–H and O–H groups in total. The van der Waals surface area contributed by atoms with E-state index in [0.29, 0.717) is 6.04 Å². The van der Waals surface area contributed by atoms with E-state index in [1.54, 1.807) is 14.2 Å². The van der Waals surface area contributed by atoms with Gasteiger partial charge in [0.05, 0.1) is 0 Å². The first kappa shape index (κ1) is 14.8. The lowest BCUT2D eigenvalue weighted by molar-refractivity contribution is -0.0987. The molecule has 0 radical (unpaired) electrons. The summed E-state index contributed by atoms with van der Waals surface area (Å²) in [4.78, 5) is 2.35. The van der Waals surface area contributed by atoms with E-state index in [1.165, 1.54) is 6.42 Å². The van der Waals surface area contributed by atoms with Crippen LogP contribution in [0.3, 0.4) is 0 Å². The number of methoxy groups -OCH3 is 2. The van der Waals surface area contributed by atoms with E-state index >= 15 is 0 Å². The quantitative estimate of drug-likeness (QED) is 0.461. The highest BCUT2D eigenvalue weighted by Crippen LogP contribution is 1.98. The minimum Gasteiger partial charge on any atom is -0.355 e. The third-order valence-electron chi connectivity index (χ3n) is 2.82. The lowest BCUT2D eigenvalue weighted by atomic mass is 10.2. The largest absolute Gasteiger partial charge is 0.355 e. The smallest absolute Gasteiger partial charge is 0.169 e. The lowest BCUT2D eigenvalue weighted by Crippen LogP contribution is -2.38. The number of nitrogens with zero attached hydrogens (tertiary/aromatic N) is 1. The Kier molecular flexibility index (Phi) is 9.00. The number of likely N-dealkylation sites (N-methyl/N-ethyl adjacent to an activating group) is 1. The SMILES string of the molecule is CCC(C)N(C)CCNCC(OC)OC. The molecule has 0 aromatic carbocycles. The maximum absolute atomic E-state index is 5.08. The van der Waals surface area contributed by atoms with Crippen molar-refractivity contribution in [2.45, 2.75) is 32.6 Å². The Morgan fingerprint density at radius 3 is 2.33 bits per heavy atom. The molecule has 1 unspecified atom stereocenters. The second-order valence-electron chi connectivity index (χ2n) is 3.84. The van der Waals surface area contributed by atoms with Crippen LogP contribution in [0, 0.1) is 0 Å². The molecule has 0 aromatic heterocycles. The summed E-state index contributed by atoms with van der Waals surface area (Å²) in [7, 11) is 5.46. The molecule has 0 rings (SSSR count). The number of nitrogens with one attached hydrogen (secondary N) is 1. The van der Waals surface area contributed by atoms with Crippen molar-refractivity contribution in [3.63, 3.8) is 0 Å². The molecule has 0 aliphatic rings. The van der Waals surface area contributed by atoms with Crippen molar-refractivity contribution < 1.29 is 9.47 Å². The van der Waals surface area contributed by atoms with Gasteiger partial charge in [0.1, 0.15) is 0 Å². The van der Waals surface area contributed by atoms with E-state index in [0.717, 1.165) is 19.6 Å². The average Bonchev–Trinajstić information content (AvgIpc) is 2.27. The van der Waals surface area contributed by atoms with Crippen LogP contribution < -0.4 is 5.32 Å². The van der Waals surface area contributed by atoms with Gasteiger partial charge in [-0.15, -0.1) is 0 Å². The van der Waals surface area contributed by atoms with Crippen molar-refractivity contribution >= 4 is 0 Å². The first-order valence-electron chi connectivity index (χ1n) is 5.62. The van der Waals surface area contributed by atoms with Crippen LogP contribution >= 0.6 is 0 Å². The minimum absolute atomic E-state index is 0.140. The van der Waals surface area contributed by atoms with E-state index in [9.17, 15) is 0 Å². The Bertz CT molecular complexity index is 141. The van der Waals surface area contributed by atoms with Crippen molar-refractivity contribution in [2.24, 2.45) is 0 Å². The topological polar surface area (TPSA) is 33.7 Å². The zero-order valence-corrected chi connectivity index (χ0v) is 10.7. The van der Waals surface area contributed by atoms with Gasteiger partial charge >= 0.3 is 0 Å². The zero-order valence-electron chi connectivity index (χ0n) is 10.7. The van der Waals surface area contributed by atoms with Crippen LogP contribution in [0.2, 0.25) is 0 Å². The van der Waals surface area contributed by atoms with E-state index in [2.05, 4.69) is 31.1 Å². The molecular weight excluding hydrogens is 192 g/mol. The Balaban J connectivity index is 3.45. The molecule has 4 heteroatoms. The highest BCUT2D eigenvalue weighted by Gasteiger charge is 2.07. The fraction of sp³-hybridized carbons (Fsp3) is 1.00. The van der Waals surface area contributed by atoms with E-state index in [-0.39, 0.29) is 6.29 Å². The molecule has 0 aliphatic carbocycles. The summed E-state index contributed by atoms with van der Waals surface area (Å²) in [6.45, 7) is 7.20. The molecule has 0 aliphatic heterocycles. The van der Waals surface area contributed by atoms with Crippen LogP contribution in [0.15, 0.2) is 0 Å². The Morgan fingerprint density at radius 1 is 1.27 bits per heavy atom. The highest BCUT2D eigenvalue weighted by molar-refractivity contribution is 4.62. The summed E-state index contributed by atoms with van der Waals surface area (Å²) in [5.41, 5.74) is 0. The van der Waals surface area contributed by atoms with Gasteiger partial charge in [-0.3, -0.25) is 0 Å². The van der Waals surface area contributed by atoms with Gasteiger partial charge in [0.15, 0.2) is 6.29 Å². The van der Waals surface area contributed by atoms with Crippen molar-refractivity contribution in [2.75, 3.05) is 40.9 Å². The second kappa shape index (κ2) is 9.09. The maximum atomic E-state index is 5.08. The summed E-state index contributed by atoms with van der Waals surface area (Å²) in [6.07, 6.45) is 1.05. The molecule has 1 atom stereocenters. The molecule has 0 bridgehead atoms. The van der Waals surface area contributed by atoms with Gasteiger partial charge in [-0.2, -0.15) is 0 Å². The second-order valence-corrected chi connectivity index (χ2v) is 3.84. The van der Waals surface area contributed by atoms with Crippen molar-refractivity contribution in [3.05, 3.63) is 0 Å². The average molecular weight is 218 g/mol. The summed E-state index contributed by atoms with van der Waals surface area (Å²) in [6, 6.07) is 0.646. The summed E-state index contributed by atoms with van der Waals surface area (Å²) in [5, 5.41) is 3.31. The van der Waals surface area contributed by atoms with E-state index < -0.39 is 0 Å². The summed E-state index contributed by atoms with van der Waals surface area (Å²) < 4.78 is 10.2.